The van der Waals surface area contributed by atoms with E-state index in [0.29, 0.717) is 9.75 Å². The van der Waals surface area contributed by atoms with E-state index >= 15 is 0 Å². The van der Waals surface area contributed by atoms with Crippen molar-refractivity contribution in [1.82, 2.24) is 0 Å². The Bertz CT molecular complexity index is 560. The normalized spacial score (nSPS) is 12.3. The molecule has 1 heterocycles. The summed E-state index contributed by atoms with van der Waals surface area (Å²) in [5.41, 5.74) is 0.774. The lowest BCUT2D eigenvalue weighted by Gasteiger charge is -2.05. The molecule has 0 N–H and O–H groups in total. The number of hydrogen-bond donors (Lipinski definition) is 0. The predicted molar refractivity (Wildman–Crippen MR) is 67.0 cm³/mol. The molecule has 5 heteroatoms. The third-order valence-electron chi connectivity index (χ3n) is 2.27. The van der Waals surface area contributed by atoms with Crippen molar-refractivity contribution in [2.75, 3.05) is 0 Å². The van der Waals surface area contributed by atoms with Crippen LogP contribution in [0.25, 0.3) is 0 Å². The summed E-state index contributed by atoms with van der Waals surface area (Å²) in [7, 11) is -1.39. The molecule has 2 rings (SSSR count). The Morgan fingerprint density at radius 2 is 1.88 bits per heavy atom. The van der Waals surface area contributed by atoms with Crippen LogP contribution in [0, 0.1) is 5.21 Å². The zero-order valence-electron chi connectivity index (χ0n) is 8.88. The highest BCUT2D eigenvalue weighted by molar-refractivity contribution is 7.84. The molecule has 0 amide bonds. The van der Waals surface area contributed by atoms with E-state index in [9.17, 15) is 9.42 Å². The third-order valence-corrected chi connectivity index (χ3v) is 3.99. The Balaban J connectivity index is 2.24. The summed E-state index contributed by atoms with van der Waals surface area (Å²) in [4.78, 5) is 0. The van der Waals surface area contributed by atoms with E-state index in [0.717, 1.165) is 5.56 Å². The number of halogens is 1. The van der Waals surface area contributed by atoms with E-state index in [-0.39, 0.29) is 10.8 Å². The first-order valence-corrected chi connectivity index (χ1v) is 6.68. The van der Waals surface area contributed by atoms with Crippen LogP contribution in [0.15, 0.2) is 53.7 Å². The van der Waals surface area contributed by atoms with E-state index in [2.05, 4.69) is 0 Å². The van der Waals surface area contributed by atoms with E-state index in [1.165, 1.54) is 6.20 Å². The van der Waals surface area contributed by atoms with Crippen LogP contribution < -0.4 is 4.73 Å². The third kappa shape index (κ3) is 2.84. The van der Waals surface area contributed by atoms with Crippen molar-refractivity contribution in [2.45, 2.75) is 10.8 Å². The number of hydrogen-bond acceptors (Lipinski definition) is 2. The van der Waals surface area contributed by atoms with Crippen molar-refractivity contribution in [2.24, 2.45) is 0 Å². The predicted octanol–water partition coefficient (Wildman–Crippen LogP) is 2.28. The molecule has 3 nitrogen and oxygen atoms in total. The van der Waals surface area contributed by atoms with Gasteiger partial charge in [-0.15, -0.1) is 0 Å². The fourth-order valence-electron chi connectivity index (χ4n) is 1.42. The van der Waals surface area contributed by atoms with Gasteiger partial charge in [-0.25, -0.2) is 4.21 Å². The first-order chi connectivity index (χ1) is 8.18. The average Bonchev–Trinajstić information content (AvgIpc) is 2.32. The summed E-state index contributed by atoms with van der Waals surface area (Å²) in [6, 6.07) is 12.0. The van der Waals surface area contributed by atoms with Crippen LogP contribution in [0.3, 0.4) is 0 Å². The molecule has 17 heavy (non-hydrogen) atoms. The lowest BCUT2D eigenvalue weighted by Crippen LogP contribution is -2.31. The molecule has 0 aliphatic rings. The smallest absolute Gasteiger partial charge is 0.281 e. The molecule has 0 bridgehead atoms. The molecule has 0 aliphatic heterocycles. The van der Waals surface area contributed by atoms with Crippen molar-refractivity contribution in [3.8, 4) is 0 Å². The number of benzene rings is 1. The van der Waals surface area contributed by atoms with Crippen molar-refractivity contribution >= 4 is 22.4 Å². The topological polar surface area (TPSA) is 44.0 Å². The quantitative estimate of drug-likeness (QED) is 0.633. The second-order valence-electron chi connectivity index (χ2n) is 3.45. The molecule has 0 spiro atoms. The number of nitrogens with zero attached hydrogens (tertiary/aromatic N) is 1. The molecule has 0 saturated heterocycles. The van der Waals surface area contributed by atoms with Gasteiger partial charge in [-0.3, -0.25) is 0 Å². The van der Waals surface area contributed by atoms with Gasteiger partial charge in [0.1, 0.15) is 10.8 Å². The van der Waals surface area contributed by atoms with Crippen molar-refractivity contribution < 1.29 is 8.94 Å². The maximum absolute atomic E-state index is 12.0. The summed E-state index contributed by atoms with van der Waals surface area (Å²) in [5.74, 6) is 0.242. The van der Waals surface area contributed by atoms with Gasteiger partial charge in [-0.05, 0) is 17.7 Å². The van der Waals surface area contributed by atoms with Gasteiger partial charge < -0.3 is 5.21 Å². The molecule has 0 radical (unpaired) electrons. The van der Waals surface area contributed by atoms with E-state index < -0.39 is 10.8 Å². The number of pyridine rings is 1. The van der Waals surface area contributed by atoms with Gasteiger partial charge in [0.15, 0.2) is 6.20 Å². The van der Waals surface area contributed by atoms with Crippen molar-refractivity contribution in [3.05, 3.63) is 64.5 Å². The zero-order valence-corrected chi connectivity index (χ0v) is 10.4. The Kier molecular flexibility index (Phi) is 3.76. The Labute approximate surface area is 107 Å². The maximum atomic E-state index is 12.0. The molecule has 0 aliphatic carbocycles. The highest BCUT2D eigenvalue weighted by atomic mass is 35.5. The molecule has 1 aromatic carbocycles. The molecule has 0 saturated carbocycles. The largest absolute Gasteiger partial charge is 0.618 e. The molecule has 1 aromatic heterocycles. The Hall–Kier alpha value is -1.39. The second-order valence-corrected chi connectivity index (χ2v) is 5.25. The number of rotatable bonds is 3. The Morgan fingerprint density at radius 1 is 1.18 bits per heavy atom. The summed E-state index contributed by atoms with van der Waals surface area (Å²) in [6.07, 6.45) is 1.33. The molecule has 0 fully saturated rings. The first-order valence-electron chi connectivity index (χ1n) is 4.98. The van der Waals surface area contributed by atoms with Gasteiger partial charge in [0.25, 0.3) is 5.03 Å². The SMILES string of the molecule is O=S(Cc1ccccc1Cl)c1cccc[n+]1[O-]. The average molecular weight is 268 g/mol. The molecular weight excluding hydrogens is 258 g/mol. The Morgan fingerprint density at radius 3 is 2.59 bits per heavy atom. The van der Waals surface area contributed by atoms with Gasteiger partial charge in [-0.2, -0.15) is 4.73 Å². The fourth-order valence-corrected chi connectivity index (χ4v) is 2.88. The monoisotopic (exact) mass is 267 g/mol. The van der Waals surface area contributed by atoms with Gasteiger partial charge in [-0.1, -0.05) is 29.8 Å². The van der Waals surface area contributed by atoms with Gasteiger partial charge in [0, 0.05) is 17.2 Å². The summed E-state index contributed by atoms with van der Waals surface area (Å²) >= 11 is 5.98. The van der Waals surface area contributed by atoms with Crippen LogP contribution in [0.5, 0.6) is 0 Å². The van der Waals surface area contributed by atoms with Gasteiger partial charge >= 0.3 is 0 Å². The number of aromatic nitrogens is 1. The molecular formula is C12H10ClNO2S. The molecule has 1 atom stereocenters. The second kappa shape index (κ2) is 5.29. The van der Waals surface area contributed by atoms with Crippen LogP contribution in [0.4, 0.5) is 0 Å². The van der Waals surface area contributed by atoms with Crippen LogP contribution in [-0.4, -0.2) is 4.21 Å². The maximum Gasteiger partial charge on any atom is 0.281 e. The van der Waals surface area contributed by atoms with E-state index in [1.54, 1.807) is 30.3 Å². The summed E-state index contributed by atoms with van der Waals surface area (Å²) < 4.78 is 12.6. The summed E-state index contributed by atoms with van der Waals surface area (Å²) in [5, 5.41) is 12.2. The molecule has 88 valence electrons. The highest BCUT2D eigenvalue weighted by Crippen LogP contribution is 2.18. The van der Waals surface area contributed by atoms with Crippen LogP contribution in [0.2, 0.25) is 5.02 Å². The lowest BCUT2D eigenvalue weighted by atomic mass is 10.2. The van der Waals surface area contributed by atoms with Crippen LogP contribution >= 0.6 is 11.6 Å². The van der Waals surface area contributed by atoms with E-state index in [1.807, 2.05) is 12.1 Å². The zero-order chi connectivity index (χ0) is 12.3. The summed E-state index contributed by atoms with van der Waals surface area (Å²) in [6.45, 7) is 0. The van der Waals surface area contributed by atoms with Crippen LogP contribution in [-0.2, 0) is 16.6 Å². The van der Waals surface area contributed by atoms with Crippen molar-refractivity contribution in [1.29, 1.82) is 0 Å². The lowest BCUT2D eigenvalue weighted by molar-refractivity contribution is -0.646. The molecule has 2 aromatic rings. The van der Waals surface area contributed by atoms with Crippen LogP contribution in [0.1, 0.15) is 5.56 Å². The standard InChI is InChI=1S/C12H10ClNO2S/c13-11-6-2-1-5-10(11)9-17(16)12-7-3-4-8-14(12)15/h1-8H,9H2. The molecule has 1 unspecified atom stereocenters. The van der Waals surface area contributed by atoms with Gasteiger partial charge in [0.2, 0.25) is 0 Å². The minimum Gasteiger partial charge on any atom is -0.618 e. The first kappa shape index (κ1) is 12.1. The fraction of sp³-hybridized carbons (Fsp3) is 0.0833. The minimum atomic E-state index is -1.39. The highest BCUT2D eigenvalue weighted by Gasteiger charge is 2.14. The van der Waals surface area contributed by atoms with Gasteiger partial charge in [0.05, 0.1) is 5.75 Å². The van der Waals surface area contributed by atoms with E-state index in [4.69, 9.17) is 11.6 Å². The minimum absolute atomic E-state index is 0.242. The van der Waals surface area contributed by atoms with Crippen molar-refractivity contribution in [3.63, 3.8) is 0 Å².